The number of carbonyl (C=O) groups excluding carboxylic acids is 1. The van der Waals surface area contributed by atoms with Crippen molar-refractivity contribution >= 4 is 39.4 Å². The SMILES string of the molecule is CC(C)(C)C(=O)CC(CCCS(=O)(=O)O)C1CSCCS1. The van der Waals surface area contributed by atoms with Gasteiger partial charge in [-0.1, -0.05) is 20.8 Å². The van der Waals surface area contributed by atoms with Crippen LogP contribution in [0.4, 0.5) is 0 Å². The van der Waals surface area contributed by atoms with Crippen LogP contribution in [0.2, 0.25) is 0 Å². The van der Waals surface area contributed by atoms with Crippen LogP contribution in [0, 0.1) is 11.3 Å². The van der Waals surface area contributed by atoms with Gasteiger partial charge in [0.2, 0.25) is 0 Å². The average molecular weight is 355 g/mol. The predicted molar refractivity (Wildman–Crippen MR) is 91.8 cm³/mol. The standard InChI is InChI=1S/C14H26O4S3/c1-14(2,3)13(15)9-11(5-4-8-21(16,17)18)12-10-19-6-7-20-12/h11-12H,4-10H2,1-3H3,(H,16,17,18). The first-order chi connectivity index (χ1) is 9.59. The molecular weight excluding hydrogens is 328 g/mol. The van der Waals surface area contributed by atoms with Gasteiger partial charge in [0, 0.05) is 34.3 Å². The summed E-state index contributed by atoms with van der Waals surface area (Å²) >= 11 is 3.80. The lowest BCUT2D eigenvalue weighted by Gasteiger charge is -2.31. The Hall–Kier alpha value is 0.280. The topological polar surface area (TPSA) is 71.4 Å². The highest BCUT2D eigenvalue weighted by atomic mass is 32.2. The Morgan fingerprint density at radius 3 is 2.48 bits per heavy atom. The zero-order chi connectivity index (χ0) is 16.1. The van der Waals surface area contributed by atoms with Crippen LogP contribution in [0.1, 0.15) is 40.0 Å². The number of hydrogen-bond acceptors (Lipinski definition) is 5. The highest BCUT2D eigenvalue weighted by Gasteiger charge is 2.30. The van der Waals surface area contributed by atoms with Crippen LogP contribution in [-0.2, 0) is 14.9 Å². The fourth-order valence-electron chi connectivity index (χ4n) is 2.27. The Bertz CT molecular complexity index is 434. The number of ketones is 1. The quantitative estimate of drug-likeness (QED) is 0.708. The molecule has 0 aromatic heterocycles. The lowest BCUT2D eigenvalue weighted by atomic mass is 9.83. The average Bonchev–Trinajstić information content (AvgIpc) is 2.36. The number of rotatable bonds is 7. The van der Waals surface area contributed by atoms with Gasteiger partial charge in [-0.2, -0.15) is 31.9 Å². The Morgan fingerprint density at radius 1 is 1.33 bits per heavy atom. The van der Waals surface area contributed by atoms with Crippen molar-refractivity contribution in [2.24, 2.45) is 11.3 Å². The summed E-state index contributed by atoms with van der Waals surface area (Å²) < 4.78 is 30.5. The highest BCUT2D eigenvalue weighted by Crippen LogP contribution is 2.35. The van der Waals surface area contributed by atoms with Gasteiger partial charge in [0.1, 0.15) is 5.78 Å². The second-order valence-corrected chi connectivity index (χ2v) is 10.6. The van der Waals surface area contributed by atoms with E-state index in [0.29, 0.717) is 24.5 Å². The van der Waals surface area contributed by atoms with Crippen LogP contribution >= 0.6 is 23.5 Å². The summed E-state index contributed by atoms with van der Waals surface area (Å²) in [6.45, 7) is 5.77. The maximum atomic E-state index is 12.3. The van der Waals surface area contributed by atoms with Crippen LogP contribution < -0.4 is 0 Å². The van der Waals surface area contributed by atoms with Crippen LogP contribution in [0.5, 0.6) is 0 Å². The summed E-state index contributed by atoms with van der Waals surface area (Å²) in [4.78, 5) is 12.3. The molecule has 0 amide bonds. The molecule has 0 aromatic rings. The van der Waals surface area contributed by atoms with Crippen molar-refractivity contribution in [3.8, 4) is 0 Å². The van der Waals surface area contributed by atoms with E-state index in [2.05, 4.69) is 0 Å². The van der Waals surface area contributed by atoms with E-state index in [9.17, 15) is 13.2 Å². The molecule has 1 heterocycles. The molecule has 0 bridgehead atoms. The number of thioether (sulfide) groups is 2. The molecule has 0 aliphatic carbocycles. The molecule has 0 saturated carbocycles. The fraction of sp³-hybridized carbons (Fsp3) is 0.929. The minimum absolute atomic E-state index is 0.205. The zero-order valence-corrected chi connectivity index (χ0v) is 15.5. The molecule has 1 rings (SSSR count). The van der Waals surface area contributed by atoms with Crippen molar-refractivity contribution in [2.45, 2.75) is 45.3 Å². The van der Waals surface area contributed by atoms with Gasteiger partial charge < -0.3 is 0 Å². The Morgan fingerprint density at radius 2 is 2.00 bits per heavy atom. The van der Waals surface area contributed by atoms with E-state index in [1.807, 2.05) is 44.3 Å². The van der Waals surface area contributed by atoms with E-state index in [4.69, 9.17) is 4.55 Å². The van der Waals surface area contributed by atoms with Crippen molar-refractivity contribution in [3.05, 3.63) is 0 Å². The number of hydrogen-bond donors (Lipinski definition) is 1. The van der Waals surface area contributed by atoms with Crippen LogP contribution in [0.15, 0.2) is 0 Å². The van der Waals surface area contributed by atoms with Crippen molar-refractivity contribution in [1.82, 2.24) is 0 Å². The minimum Gasteiger partial charge on any atom is -0.299 e. The van der Waals surface area contributed by atoms with Gasteiger partial charge in [0.05, 0.1) is 5.75 Å². The molecule has 2 atom stereocenters. The molecule has 1 fully saturated rings. The summed E-state index contributed by atoms with van der Waals surface area (Å²) in [6.07, 6.45) is 1.61. The van der Waals surface area contributed by atoms with Crippen molar-refractivity contribution in [1.29, 1.82) is 0 Å². The molecule has 1 saturated heterocycles. The molecule has 7 heteroatoms. The van der Waals surface area contributed by atoms with E-state index in [1.54, 1.807) is 0 Å². The fourth-order valence-corrected chi connectivity index (χ4v) is 5.81. The molecule has 0 radical (unpaired) electrons. The van der Waals surface area contributed by atoms with Gasteiger partial charge in [-0.3, -0.25) is 9.35 Å². The van der Waals surface area contributed by atoms with Gasteiger partial charge in [-0.05, 0) is 18.8 Å². The molecule has 1 N–H and O–H groups in total. The van der Waals surface area contributed by atoms with E-state index in [1.165, 1.54) is 0 Å². The zero-order valence-electron chi connectivity index (χ0n) is 13.0. The maximum absolute atomic E-state index is 12.3. The molecule has 0 aromatic carbocycles. The first-order valence-electron chi connectivity index (χ1n) is 7.27. The van der Waals surface area contributed by atoms with Gasteiger partial charge in [-0.25, -0.2) is 0 Å². The van der Waals surface area contributed by atoms with E-state index in [0.717, 1.165) is 17.3 Å². The van der Waals surface area contributed by atoms with E-state index < -0.39 is 10.1 Å². The predicted octanol–water partition coefficient (Wildman–Crippen LogP) is 3.12. The van der Waals surface area contributed by atoms with Crippen LogP contribution in [0.3, 0.4) is 0 Å². The third-order valence-electron chi connectivity index (χ3n) is 3.63. The molecule has 2 unspecified atom stereocenters. The van der Waals surface area contributed by atoms with Gasteiger partial charge >= 0.3 is 0 Å². The Labute approximate surface area is 137 Å². The molecule has 0 spiro atoms. The summed E-state index contributed by atoms with van der Waals surface area (Å²) in [5, 5.41) is 0.413. The monoisotopic (exact) mass is 354 g/mol. The molecule has 1 aliphatic heterocycles. The van der Waals surface area contributed by atoms with E-state index >= 15 is 0 Å². The normalized spacial score (nSPS) is 22.0. The molecular formula is C14H26O4S3. The van der Waals surface area contributed by atoms with Crippen LogP contribution in [0.25, 0.3) is 0 Å². The number of carbonyl (C=O) groups is 1. The first kappa shape index (κ1) is 19.3. The molecule has 124 valence electrons. The van der Waals surface area contributed by atoms with Crippen molar-refractivity contribution in [2.75, 3.05) is 23.0 Å². The summed E-state index contributed by atoms with van der Waals surface area (Å²) in [5.74, 6) is 3.49. The highest BCUT2D eigenvalue weighted by molar-refractivity contribution is 8.06. The molecule has 4 nitrogen and oxygen atoms in total. The Balaban J connectivity index is 2.63. The summed E-state index contributed by atoms with van der Waals surface area (Å²) in [5.41, 5.74) is -0.353. The van der Waals surface area contributed by atoms with Crippen molar-refractivity contribution < 1.29 is 17.8 Å². The summed E-state index contributed by atoms with van der Waals surface area (Å²) in [7, 11) is -3.90. The lowest BCUT2D eigenvalue weighted by molar-refractivity contribution is -0.127. The first-order valence-corrected chi connectivity index (χ1v) is 11.1. The maximum Gasteiger partial charge on any atom is 0.264 e. The third kappa shape index (κ3) is 7.90. The second kappa shape index (κ2) is 8.22. The van der Waals surface area contributed by atoms with Gasteiger partial charge in [0.25, 0.3) is 10.1 Å². The molecule has 21 heavy (non-hydrogen) atoms. The van der Waals surface area contributed by atoms with Gasteiger partial charge in [0.15, 0.2) is 0 Å². The molecule has 1 aliphatic rings. The van der Waals surface area contributed by atoms with Gasteiger partial charge in [-0.15, -0.1) is 0 Å². The Kier molecular flexibility index (Phi) is 7.57. The minimum atomic E-state index is -3.90. The van der Waals surface area contributed by atoms with Crippen LogP contribution in [-0.4, -0.2) is 47.0 Å². The van der Waals surface area contributed by atoms with E-state index in [-0.39, 0.29) is 22.9 Å². The van der Waals surface area contributed by atoms with Crippen molar-refractivity contribution in [3.63, 3.8) is 0 Å². The third-order valence-corrected chi connectivity index (χ3v) is 7.41. The lowest BCUT2D eigenvalue weighted by Crippen LogP contribution is -2.30. The second-order valence-electron chi connectivity index (χ2n) is 6.55. The smallest absolute Gasteiger partial charge is 0.264 e. The summed E-state index contributed by atoms with van der Waals surface area (Å²) in [6, 6.07) is 0. The number of Topliss-reactive ketones (excluding diaryl/α,β-unsaturated/α-hetero) is 1. The largest absolute Gasteiger partial charge is 0.299 e.